The molecular weight excluding hydrogens is 378 g/mol. The lowest BCUT2D eigenvalue weighted by atomic mass is 9.75. The number of aryl methyl sites for hydroxylation is 1. The van der Waals surface area contributed by atoms with Crippen molar-refractivity contribution in [2.75, 3.05) is 11.9 Å². The summed E-state index contributed by atoms with van der Waals surface area (Å²) in [7, 11) is 0. The van der Waals surface area contributed by atoms with Crippen LogP contribution >= 0.6 is 0 Å². The number of amides is 1. The first-order valence-electron chi connectivity index (χ1n) is 10.7. The third-order valence-corrected chi connectivity index (χ3v) is 6.54. The van der Waals surface area contributed by atoms with Gasteiger partial charge in [-0.3, -0.25) is 14.4 Å². The third kappa shape index (κ3) is 4.16. The molecule has 4 atom stereocenters. The average Bonchev–Trinajstić information content (AvgIpc) is 3.40. The number of ketones is 1. The summed E-state index contributed by atoms with van der Waals surface area (Å²) in [5.41, 5.74) is 2.50. The highest BCUT2D eigenvalue weighted by Crippen LogP contribution is 2.53. The zero-order valence-electron chi connectivity index (χ0n) is 17.2. The minimum Gasteiger partial charge on any atom is -0.455 e. The summed E-state index contributed by atoms with van der Waals surface area (Å²) < 4.78 is 5.37. The maximum Gasteiger partial charge on any atom is 0.310 e. The predicted molar refractivity (Wildman–Crippen MR) is 114 cm³/mol. The summed E-state index contributed by atoms with van der Waals surface area (Å²) in [5, 5.41) is 2.75. The maximum atomic E-state index is 13.1. The zero-order valence-corrected chi connectivity index (χ0v) is 17.2. The van der Waals surface area contributed by atoms with E-state index in [-0.39, 0.29) is 36.1 Å². The van der Waals surface area contributed by atoms with Crippen LogP contribution in [0.3, 0.4) is 0 Å². The third-order valence-electron chi connectivity index (χ3n) is 6.54. The van der Waals surface area contributed by atoms with Crippen LogP contribution in [0, 0.1) is 23.7 Å². The molecule has 5 heteroatoms. The number of esters is 1. The maximum absolute atomic E-state index is 13.1. The molecule has 2 aliphatic carbocycles. The van der Waals surface area contributed by atoms with E-state index >= 15 is 0 Å². The molecule has 30 heavy (non-hydrogen) atoms. The minimum atomic E-state index is -0.451. The molecule has 4 rings (SSSR count). The normalized spacial score (nSPS) is 24.4. The second kappa shape index (κ2) is 8.82. The van der Waals surface area contributed by atoms with Crippen LogP contribution in [0.15, 0.2) is 54.6 Å². The number of hydrogen-bond acceptors (Lipinski definition) is 4. The van der Waals surface area contributed by atoms with Crippen LogP contribution in [0.25, 0.3) is 0 Å². The molecule has 0 aromatic heterocycles. The number of ether oxygens (including phenoxy) is 1. The van der Waals surface area contributed by atoms with E-state index in [1.165, 1.54) is 5.56 Å². The van der Waals surface area contributed by atoms with E-state index in [1.54, 1.807) is 12.1 Å². The number of carbonyl (C=O) groups excluding carboxylic acids is 3. The number of Topliss-reactive ketones (excluding diaryl/α,β-unsaturated/α-hetero) is 1. The van der Waals surface area contributed by atoms with Crippen molar-refractivity contribution in [1.82, 2.24) is 0 Å². The SMILES string of the molecule is CCc1ccc(NC(=O)COC(=O)[C@@H]2[C@H]3CC[C@@H](C3)[C@@H]2C(=O)c2ccccc2)cc1. The second-order valence-corrected chi connectivity index (χ2v) is 8.32. The molecule has 0 unspecified atom stereocenters. The molecule has 2 aromatic carbocycles. The Morgan fingerprint density at radius 2 is 1.60 bits per heavy atom. The number of nitrogens with one attached hydrogen (secondary N) is 1. The van der Waals surface area contributed by atoms with Gasteiger partial charge in [0.15, 0.2) is 12.4 Å². The molecule has 156 valence electrons. The molecule has 1 N–H and O–H groups in total. The number of fused-ring (bicyclic) bond motifs is 2. The van der Waals surface area contributed by atoms with Gasteiger partial charge in [-0.1, -0.05) is 49.4 Å². The molecule has 2 aromatic rings. The van der Waals surface area contributed by atoms with E-state index in [2.05, 4.69) is 12.2 Å². The van der Waals surface area contributed by atoms with Crippen LogP contribution in [-0.2, 0) is 20.7 Å². The molecule has 2 fully saturated rings. The van der Waals surface area contributed by atoms with Crippen molar-refractivity contribution in [3.05, 3.63) is 65.7 Å². The molecule has 5 nitrogen and oxygen atoms in total. The molecule has 0 aliphatic heterocycles. The average molecular weight is 405 g/mol. The highest BCUT2D eigenvalue weighted by Gasteiger charge is 2.54. The molecule has 0 spiro atoms. The Balaban J connectivity index is 1.38. The van der Waals surface area contributed by atoms with E-state index < -0.39 is 11.9 Å². The van der Waals surface area contributed by atoms with Crippen molar-refractivity contribution in [2.24, 2.45) is 23.7 Å². The topological polar surface area (TPSA) is 72.5 Å². The van der Waals surface area contributed by atoms with Gasteiger partial charge >= 0.3 is 5.97 Å². The lowest BCUT2D eigenvalue weighted by Gasteiger charge is -2.28. The lowest BCUT2D eigenvalue weighted by Crippen LogP contribution is -2.37. The predicted octanol–water partition coefficient (Wildman–Crippen LogP) is 4.28. The Bertz CT molecular complexity index is 922. The molecule has 2 aliphatic rings. The van der Waals surface area contributed by atoms with Crippen molar-refractivity contribution in [1.29, 1.82) is 0 Å². The van der Waals surface area contributed by atoms with Crippen LogP contribution in [0.4, 0.5) is 5.69 Å². The van der Waals surface area contributed by atoms with Gasteiger partial charge < -0.3 is 10.1 Å². The fourth-order valence-electron chi connectivity index (χ4n) is 5.06. The van der Waals surface area contributed by atoms with Gasteiger partial charge in [-0.2, -0.15) is 0 Å². The minimum absolute atomic E-state index is 0.0187. The van der Waals surface area contributed by atoms with E-state index in [1.807, 2.05) is 42.5 Å². The van der Waals surface area contributed by atoms with E-state index in [0.29, 0.717) is 11.3 Å². The van der Waals surface area contributed by atoms with Gasteiger partial charge in [0.1, 0.15) is 0 Å². The van der Waals surface area contributed by atoms with Crippen molar-refractivity contribution in [3.63, 3.8) is 0 Å². The van der Waals surface area contributed by atoms with E-state index in [0.717, 1.165) is 25.7 Å². The first kappa shape index (κ1) is 20.3. The summed E-state index contributed by atoms with van der Waals surface area (Å²) in [4.78, 5) is 38.2. The van der Waals surface area contributed by atoms with Crippen molar-refractivity contribution < 1.29 is 19.1 Å². The fraction of sp³-hybridized carbons (Fsp3) is 0.400. The Morgan fingerprint density at radius 3 is 2.27 bits per heavy atom. The van der Waals surface area contributed by atoms with Crippen LogP contribution in [-0.4, -0.2) is 24.3 Å². The Morgan fingerprint density at radius 1 is 0.933 bits per heavy atom. The van der Waals surface area contributed by atoms with Gasteiger partial charge in [-0.15, -0.1) is 0 Å². The van der Waals surface area contributed by atoms with Gasteiger partial charge in [0.2, 0.25) is 0 Å². The highest BCUT2D eigenvalue weighted by molar-refractivity contribution is 6.01. The van der Waals surface area contributed by atoms with Crippen LogP contribution in [0.1, 0.15) is 42.1 Å². The standard InChI is InChI=1S/C25H27NO4/c1-2-16-8-12-20(13-9-16)26-21(27)15-30-25(29)23-19-11-10-18(14-19)22(23)24(28)17-6-4-3-5-7-17/h3-9,12-13,18-19,22-23H,2,10-11,14-15H2,1H3,(H,26,27)/t18-,19-,22-,23+/m0/s1. The summed E-state index contributed by atoms with van der Waals surface area (Å²) in [5.74, 6) is -1.17. The molecule has 0 heterocycles. The second-order valence-electron chi connectivity index (χ2n) is 8.32. The molecular formula is C25H27NO4. The molecule has 2 saturated carbocycles. The zero-order chi connectivity index (χ0) is 21.1. The van der Waals surface area contributed by atoms with E-state index in [4.69, 9.17) is 4.74 Å². The number of hydrogen-bond donors (Lipinski definition) is 1. The lowest BCUT2D eigenvalue weighted by molar-refractivity contribution is -0.154. The van der Waals surface area contributed by atoms with Gasteiger partial charge in [0.25, 0.3) is 5.91 Å². The summed E-state index contributed by atoms with van der Waals surface area (Å²) in [6.07, 6.45) is 3.74. The van der Waals surface area contributed by atoms with Crippen molar-refractivity contribution >= 4 is 23.3 Å². The number of rotatable bonds is 7. The molecule has 2 bridgehead atoms. The van der Waals surface area contributed by atoms with E-state index in [9.17, 15) is 14.4 Å². The molecule has 1 amide bonds. The smallest absolute Gasteiger partial charge is 0.310 e. The Kier molecular flexibility index (Phi) is 5.98. The van der Waals surface area contributed by atoms with Gasteiger partial charge in [-0.05, 0) is 55.2 Å². The first-order chi connectivity index (χ1) is 14.6. The Hall–Kier alpha value is -2.95. The van der Waals surface area contributed by atoms with Crippen LogP contribution < -0.4 is 5.32 Å². The number of benzene rings is 2. The number of carbonyl (C=O) groups is 3. The monoisotopic (exact) mass is 405 g/mol. The fourth-order valence-corrected chi connectivity index (χ4v) is 5.06. The number of anilines is 1. The van der Waals surface area contributed by atoms with Gasteiger partial charge in [0.05, 0.1) is 5.92 Å². The van der Waals surface area contributed by atoms with Gasteiger partial charge in [0, 0.05) is 17.2 Å². The summed E-state index contributed by atoms with van der Waals surface area (Å²) >= 11 is 0. The summed E-state index contributed by atoms with van der Waals surface area (Å²) in [6.45, 7) is 1.73. The quantitative estimate of drug-likeness (QED) is 0.551. The van der Waals surface area contributed by atoms with Gasteiger partial charge in [-0.25, -0.2) is 0 Å². The van der Waals surface area contributed by atoms with Crippen molar-refractivity contribution in [3.8, 4) is 0 Å². The largest absolute Gasteiger partial charge is 0.455 e. The van der Waals surface area contributed by atoms with Crippen molar-refractivity contribution in [2.45, 2.75) is 32.6 Å². The first-order valence-corrected chi connectivity index (χ1v) is 10.7. The van der Waals surface area contributed by atoms with Crippen LogP contribution in [0.2, 0.25) is 0 Å². The highest BCUT2D eigenvalue weighted by atomic mass is 16.5. The molecule has 0 radical (unpaired) electrons. The summed E-state index contributed by atoms with van der Waals surface area (Å²) in [6, 6.07) is 16.7. The van der Waals surface area contributed by atoms with Crippen LogP contribution in [0.5, 0.6) is 0 Å². The molecule has 0 saturated heterocycles. The Labute approximate surface area is 176 Å².